The summed E-state index contributed by atoms with van der Waals surface area (Å²) in [6.45, 7) is 2.23. The maximum Gasteiger partial charge on any atom is 0.252 e. The van der Waals surface area contributed by atoms with Gasteiger partial charge in [0.05, 0.1) is 5.88 Å². The quantitative estimate of drug-likeness (QED) is 0.876. The Hall–Kier alpha value is -1.74. The lowest BCUT2D eigenvalue weighted by Crippen LogP contribution is -2.29. The third-order valence-corrected chi connectivity index (χ3v) is 4.30. The van der Waals surface area contributed by atoms with Gasteiger partial charge in [0.2, 0.25) is 0 Å². The van der Waals surface area contributed by atoms with Crippen molar-refractivity contribution in [2.75, 3.05) is 18.0 Å². The number of piperidine rings is 1. The third kappa shape index (κ3) is 3.13. The van der Waals surface area contributed by atoms with E-state index in [1.165, 1.54) is 24.9 Å². The molecule has 0 spiro atoms. The van der Waals surface area contributed by atoms with E-state index < -0.39 is 0 Å². The summed E-state index contributed by atoms with van der Waals surface area (Å²) in [5, 5.41) is 0. The average molecular weight is 303 g/mol. The van der Waals surface area contributed by atoms with Crippen LogP contribution < -0.4 is 10.5 Å². The topological polar surface area (TPSA) is 36.1 Å². The van der Waals surface area contributed by atoms with Gasteiger partial charge in [-0.15, -0.1) is 11.6 Å². The molecule has 1 fully saturated rings. The number of aromatic amines is 1. The molecule has 1 aliphatic rings. The first-order valence-electron chi connectivity index (χ1n) is 7.41. The molecule has 0 saturated carbocycles. The summed E-state index contributed by atoms with van der Waals surface area (Å²) in [5.74, 6) is 0.240. The van der Waals surface area contributed by atoms with E-state index in [9.17, 15) is 4.79 Å². The molecule has 4 heteroatoms. The maximum atomic E-state index is 11.9. The van der Waals surface area contributed by atoms with Gasteiger partial charge in [-0.25, -0.2) is 0 Å². The zero-order chi connectivity index (χ0) is 14.7. The average Bonchev–Trinajstić information content (AvgIpc) is 2.56. The lowest BCUT2D eigenvalue weighted by Gasteiger charge is -2.29. The first-order valence-corrected chi connectivity index (χ1v) is 7.95. The Bertz CT molecular complexity index is 674. The van der Waals surface area contributed by atoms with E-state index in [1.807, 2.05) is 18.2 Å². The van der Waals surface area contributed by atoms with Crippen LogP contribution in [-0.4, -0.2) is 18.1 Å². The SMILES string of the molecule is O=c1[nH]c(-c2cccc(N3CCCCC3)c2)ccc1CCl. The van der Waals surface area contributed by atoms with Crippen LogP contribution in [0.4, 0.5) is 5.69 Å². The zero-order valence-corrected chi connectivity index (χ0v) is 12.7. The van der Waals surface area contributed by atoms with Gasteiger partial charge in [-0.05, 0) is 37.5 Å². The van der Waals surface area contributed by atoms with E-state index in [1.54, 1.807) is 6.07 Å². The molecule has 0 amide bonds. The van der Waals surface area contributed by atoms with Gasteiger partial charge in [0.25, 0.3) is 5.56 Å². The lowest BCUT2D eigenvalue weighted by atomic mass is 10.1. The molecular weight excluding hydrogens is 284 g/mol. The predicted molar refractivity (Wildman–Crippen MR) is 88.1 cm³/mol. The monoisotopic (exact) mass is 302 g/mol. The molecule has 0 atom stereocenters. The molecule has 21 heavy (non-hydrogen) atoms. The fourth-order valence-electron chi connectivity index (χ4n) is 2.80. The van der Waals surface area contributed by atoms with E-state index >= 15 is 0 Å². The van der Waals surface area contributed by atoms with Gasteiger partial charge in [-0.1, -0.05) is 18.2 Å². The van der Waals surface area contributed by atoms with Gasteiger partial charge in [0.1, 0.15) is 0 Å². The van der Waals surface area contributed by atoms with E-state index in [-0.39, 0.29) is 11.4 Å². The highest BCUT2D eigenvalue weighted by molar-refractivity contribution is 6.17. The van der Waals surface area contributed by atoms with E-state index in [0.717, 1.165) is 24.3 Å². The number of nitrogens with zero attached hydrogens (tertiary/aromatic N) is 1. The highest BCUT2D eigenvalue weighted by Gasteiger charge is 2.11. The van der Waals surface area contributed by atoms with Crippen LogP contribution in [0.15, 0.2) is 41.2 Å². The third-order valence-electron chi connectivity index (χ3n) is 4.01. The van der Waals surface area contributed by atoms with Crippen LogP contribution >= 0.6 is 11.6 Å². The smallest absolute Gasteiger partial charge is 0.252 e. The van der Waals surface area contributed by atoms with Crippen molar-refractivity contribution in [1.29, 1.82) is 0 Å². The van der Waals surface area contributed by atoms with Crippen LogP contribution in [-0.2, 0) is 5.88 Å². The summed E-state index contributed by atoms with van der Waals surface area (Å²) >= 11 is 5.73. The van der Waals surface area contributed by atoms with Crippen molar-refractivity contribution in [3.63, 3.8) is 0 Å². The fourth-order valence-corrected chi connectivity index (χ4v) is 3.01. The maximum absolute atomic E-state index is 11.9. The molecule has 1 N–H and O–H groups in total. The summed E-state index contributed by atoms with van der Waals surface area (Å²) < 4.78 is 0. The molecular formula is C17H19ClN2O. The molecule has 1 aromatic heterocycles. The largest absolute Gasteiger partial charge is 0.372 e. The van der Waals surface area contributed by atoms with Crippen molar-refractivity contribution in [3.05, 3.63) is 52.3 Å². The molecule has 1 saturated heterocycles. The van der Waals surface area contributed by atoms with Crippen LogP contribution in [0.5, 0.6) is 0 Å². The molecule has 2 heterocycles. The summed E-state index contributed by atoms with van der Waals surface area (Å²) in [6.07, 6.45) is 3.83. The summed E-state index contributed by atoms with van der Waals surface area (Å²) in [6, 6.07) is 12.1. The van der Waals surface area contributed by atoms with Crippen molar-refractivity contribution >= 4 is 17.3 Å². The molecule has 0 unspecified atom stereocenters. The molecule has 110 valence electrons. The van der Waals surface area contributed by atoms with Crippen LogP contribution in [0, 0.1) is 0 Å². The lowest BCUT2D eigenvalue weighted by molar-refractivity contribution is 0.578. The molecule has 2 aromatic rings. The number of rotatable bonds is 3. The Kier molecular flexibility index (Phi) is 4.30. The molecule has 0 bridgehead atoms. The summed E-state index contributed by atoms with van der Waals surface area (Å²) in [4.78, 5) is 17.2. The minimum absolute atomic E-state index is 0.106. The van der Waals surface area contributed by atoms with E-state index in [4.69, 9.17) is 11.6 Å². The van der Waals surface area contributed by atoms with Crippen molar-refractivity contribution in [2.24, 2.45) is 0 Å². The highest BCUT2D eigenvalue weighted by atomic mass is 35.5. The van der Waals surface area contributed by atoms with Crippen molar-refractivity contribution in [3.8, 4) is 11.3 Å². The number of nitrogens with one attached hydrogen (secondary N) is 1. The zero-order valence-electron chi connectivity index (χ0n) is 11.9. The Morgan fingerprint density at radius 2 is 1.90 bits per heavy atom. The predicted octanol–water partition coefficient (Wildman–Crippen LogP) is 3.77. The number of hydrogen-bond donors (Lipinski definition) is 1. The number of benzene rings is 1. The number of anilines is 1. The standard InChI is InChI=1S/C17H19ClN2O/c18-12-14-7-8-16(19-17(14)21)13-5-4-6-15(11-13)20-9-2-1-3-10-20/h4-8,11H,1-3,9-10,12H2,(H,19,21). The molecule has 0 radical (unpaired) electrons. The van der Waals surface area contributed by atoms with Crippen LogP contribution in [0.25, 0.3) is 11.3 Å². The first kappa shape index (κ1) is 14.2. The fraction of sp³-hybridized carbons (Fsp3) is 0.353. The Morgan fingerprint density at radius 1 is 1.10 bits per heavy atom. The van der Waals surface area contributed by atoms with Gasteiger partial charge >= 0.3 is 0 Å². The normalized spacial score (nSPS) is 15.2. The molecule has 3 rings (SSSR count). The van der Waals surface area contributed by atoms with Gasteiger partial charge < -0.3 is 9.88 Å². The molecule has 1 aliphatic heterocycles. The van der Waals surface area contributed by atoms with E-state index in [2.05, 4.69) is 22.0 Å². The number of aromatic nitrogens is 1. The molecule has 0 aliphatic carbocycles. The van der Waals surface area contributed by atoms with Crippen molar-refractivity contribution in [2.45, 2.75) is 25.1 Å². The van der Waals surface area contributed by atoms with Gasteiger partial charge in [0.15, 0.2) is 0 Å². The van der Waals surface area contributed by atoms with Crippen LogP contribution in [0.1, 0.15) is 24.8 Å². The number of alkyl halides is 1. The van der Waals surface area contributed by atoms with Crippen LogP contribution in [0.2, 0.25) is 0 Å². The Balaban J connectivity index is 1.92. The molecule has 1 aromatic carbocycles. The second-order valence-corrected chi connectivity index (χ2v) is 5.73. The number of pyridine rings is 1. The van der Waals surface area contributed by atoms with E-state index in [0.29, 0.717) is 5.56 Å². The van der Waals surface area contributed by atoms with Crippen molar-refractivity contribution in [1.82, 2.24) is 4.98 Å². The van der Waals surface area contributed by atoms with Gasteiger partial charge in [-0.3, -0.25) is 4.79 Å². The number of H-pyrrole nitrogens is 1. The Labute approximate surface area is 129 Å². The minimum Gasteiger partial charge on any atom is -0.372 e. The Morgan fingerprint density at radius 3 is 2.62 bits per heavy atom. The number of hydrogen-bond acceptors (Lipinski definition) is 2. The van der Waals surface area contributed by atoms with Crippen molar-refractivity contribution < 1.29 is 0 Å². The van der Waals surface area contributed by atoms with Gasteiger partial charge in [-0.2, -0.15) is 0 Å². The second-order valence-electron chi connectivity index (χ2n) is 5.46. The van der Waals surface area contributed by atoms with Gasteiger partial charge in [0, 0.05) is 35.6 Å². The second kappa shape index (κ2) is 6.35. The summed E-state index contributed by atoms with van der Waals surface area (Å²) in [5.41, 5.74) is 3.61. The highest BCUT2D eigenvalue weighted by Crippen LogP contribution is 2.25. The first-order chi connectivity index (χ1) is 10.3. The minimum atomic E-state index is -0.106. The van der Waals surface area contributed by atoms with Crippen LogP contribution in [0.3, 0.4) is 0 Å². The molecule has 3 nitrogen and oxygen atoms in total. The number of halogens is 1. The summed E-state index contributed by atoms with van der Waals surface area (Å²) in [7, 11) is 0.